The lowest BCUT2D eigenvalue weighted by atomic mass is 9.44. The fourth-order valence-corrected chi connectivity index (χ4v) is 7.39. The maximum absolute atomic E-state index is 14.1. The molecule has 8 atom stereocenters. The maximum atomic E-state index is 14.1. The Morgan fingerprint density at radius 1 is 1.32 bits per heavy atom. The van der Waals surface area contributed by atoms with Crippen molar-refractivity contribution in [3.05, 3.63) is 11.1 Å². The topological polar surface area (TPSA) is 102 Å². The van der Waals surface area contributed by atoms with Gasteiger partial charge in [0.1, 0.15) is 11.9 Å². The highest BCUT2D eigenvalue weighted by Crippen LogP contribution is 2.64. The van der Waals surface area contributed by atoms with Crippen LogP contribution in [0, 0.1) is 22.7 Å². The van der Waals surface area contributed by atoms with Crippen molar-refractivity contribution in [2.75, 3.05) is 13.7 Å². The third-order valence-electron chi connectivity index (χ3n) is 9.54. The van der Waals surface area contributed by atoms with Crippen LogP contribution >= 0.6 is 0 Å². The monoisotopic (exact) mass is 436 g/mol. The highest BCUT2D eigenvalue weighted by Gasteiger charge is 2.73. The van der Waals surface area contributed by atoms with Crippen LogP contribution in [0.3, 0.4) is 0 Å². The van der Waals surface area contributed by atoms with E-state index in [2.05, 4.69) is 13.8 Å². The molecule has 0 radical (unpaired) electrons. The number of Topliss-reactive ketones (excluding diaryl/α,β-unsaturated/α-hetero) is 1. The van der Waals surface area contributed by atoms with Gasteiger partial charge >= 0.3 is 6.16 Å². The molecule has 174 valence electrons. The van der Waals surface area contributed by atoms with Gasteiger partial charge in [-0.25, -0.2) is 4.79 Å². The van der Waals surface area contributed by atoms with Crippen molar-refractivity contribution in [2.24, 2.45) is 22.7 Å². The first-order valence-corrected chi connectivity index (χ1v) is 11.4. The molecular weight excluding hydrogens is 400 g/mol. The van der Waals surface area contributed by atoms with Gasteiger partial charge in [0.05, 0.1) is 30.8 Å². The number of hydrogen-bond acceptors (Lipinski definition) is 7. The quantitative estimate of drug-likeness (QED) is 0.506. The van der Waals surface area contributed by atoms with Crippen LogP contribution in [0.15, 0.2) is 11.1 Å². The molecule has 1 saturated heterocycles. The average molecular weight is 437 g/mol. The largest absolute Gasteiger partial charge is 0.508 e. The van der Waals surface area contributed by atoms with E-state index in [0.717, 1.165) is 17.6 Å². The van der Waals surface area contributed by atoms with Crippen molar-refractivity contribution >= 4 is 11.9 Å². The van der Waals surface area contributed by atoms with Crippen LogP contribution < -0.4 is 0 Å². The van der Waals surface area contributed by atoms with E-state index in [1.807, 2.05) is 13.8 Å². The van der Waals surface area contributed by atoms with Gasteiger partial charge in [-0.15, -0.1) is 0 Å². The number of ketones is 1. The van der Waals surface area contributed by atoms with Crippen molar-refractivity contribution in [2.45, 2.75) is 90.1 Å². The van der Waals surface area contributed by atoms with Gasteiger partial charge in [-0.2, -0.15) is 0 Å². The van der Waals surface area contributed by atoms with Gasteiger partial charge in [-0.05, 0) is 39.5 Å². The fourth-order valence-electron chi connectivity index (χ4n) is 7.39. The first-order valence-electron chi connectivity index (χ1n) is 11.4. The van der Waals surface area contributed by atoms with E-state index in [0.29, 0.717) is 12.8 Å². The molecule has 2 saturated carbocycles. The zero-order valence-electron chi connectivity index (χ0n) is 19.5. The SMILES string of the molecule is CC[C@]1(C)C2=C(C)CC[C@@]1(O)CC1C(C)(C(=O)C2C)C(O)CC2OC[C@]21OC(=O)OC. The van der Waals surface area contributed by atoms with Gasteiger partial charge in [-0.3, -0.25) is 4.79 Å². The molecular formula is C24H36O7. The molecule has 2 bridgehead atoms. The van der Waals surface area contributed by atoms with Crippen LogP contribution in [0.2, 0.25) is 0 Å². The van der Waals surface area contributed by atoms with Crippen LogP contribution in [0.5, 0.6) is 0 Å². The highest BCUT2D eigenvalue weighted by atomic mass is 16.7. The lowest BCUT2D eigenvalue weighted by Crippen LogP contribution is -2.77. The molecule has 0 aromatic rings. The summed E-state index contributed by atoms with van der Waals surface area (Å²) in [7, 11) is 1.25. The minimum absolute atomic E-state index is 0.0545. The number of allylic oxidation sites excluding steroid dienone is 1. The Hall–Kier alpha value is -1.44. The summed E-state index contributed by atoms with van der Waals surface area (Å²) < 4.78 is 16.3. The fraction of sp³-hybridized carbons (Fsp3) is 0.833. The van der Waals surface area contributed by atoms with E-state index in [-0.39, 0.29) is 25.2 Å². The van der Waals surface area contributed by atoms with E-state index in [9.17, 15) is 19.8 Å². The van der Waals surface area contributed by atoms with Crippen molar-refractivity contribution in [1.82, 2.24) is 0 Å². The van der Waals surface area contributed by atoms with Gasteiger partial charge < -0.3 is 24.4 Å². The molecule has 0 aromatic heterocycles. The molecule has 0 spiro atoms. The van der Waals surface area contributed by atoms with Gasteiger partial charge in [0, 0.05) is 23.7 Å². The summed E-state index contributed by atoms with van der Waals surface area (Å²) in [5, 5.41) is 23.4. The molecule has 3 fully saturated rings. The van der Waals surface area contributed by atoms with Crippen molar-refractivity contribution in [1.29, 1.82) is 0 Å². The minimum Gasteiger partial charge on any atom is -0.438 e. The van der Waals surface area contributed by atoms with E-state index in [1.54, 1.807) is 6.92 Å². The number of fused-ring (bicyclic) bond motifs is 5. The number of ether oxygens (including phenoxy) is 3. The Kier molecular flexibility index (Phi) is 5.16. The summed E-state index contributed by atoms with van der Waals surface area (Å²) in [5.74, 6) is -1.10. The summed E-state index contributed by atoms with van der Waals surface area (Å²) >= 11 is 0. The maximum Gasteiger partial charge on any atom is 0.508 e. The minimum atomic E-state index is -1.18. The van der Waals surface area contributed by atoms with Crippen LogP contribution in [0.1, 0.15) is 66.7 Å². The van der Waals surface area contributed by atoms with Crippen molar-refractivity contribution < 1.29 is 34.0 Å². The summed E-state index contributed by atoms with van der Waals surface area (Å²) in [6.45, 7) is 9.97. The number of carbonyl (C=O) groups is 2. The van der Waals surface area contributed by atoms with Gasteiger partial charge in [0.2, 0.25) is 0 Å². The zero-order valence-corrected chi connectivity index (χ0v) is 19.5. The van der Waals surface area contributed by atoms with Gasteiger partial charge in [0.15, 0.2) is 5.60 Å². The standard InChI is InChI=1S/C24H36O7/c1-7-21(4)18-13(2)8-9-23(21,28)11-15-22(5,19(26)14(18)3)16(25)10-17-24(15,12-30-17)31-20(27)29-6/h14-17,25,28H,7-12H2,1-6H3/t14?,15?,16?,17?,21-,22?,23-,24-/m1/s1. The number of carbonyl (C=O) groups excluding carboxylic acids is 2. The molecule has 1 heterocycles. The summed E-state index contributed by atoms with van der Waals surface area (Å²) in [6.07, 6.45) is 0.0968. The van der Waals surface area contributed by atoms with Crippen molar-refractivity contribution in [3.63, 3.8) is 0 Å². The second-order valence-corrected chi connectivity index (χ2v) is 10.6. The highest BCUT2D eigenvalue weighted by molar-refractivity contribution is 5.91. The summed E-state index contributed by atoms with van der Waals surface area (Å²) in [6, 6.07) is 0. The molecule has 7 heteroatoms. The molecule has 0 aromatic carbocycles. The van der Waals surface area contributed by atoms with Crippen LogP contribution in [0.25, 0.3) is 0 Å². The molecule has 3 aliphatic carbocycles. The molecule has 5 unspecified atom stereocenters. The molecule has 4 aliphatic rings. The normalized spacial score (nSPS) is 49.2. The molecule has 0 amide bonds. The smallest absolute Gasteiger partial charge is 0.438 e. The first-order chi connectivity index (χ1) is 14.4. The summed E-state index contributed by atoms with van der Waals surface area (Å²) in [4.78, 5) is 26.3. The number of hydrogen-bond donors (Lipinski definition) is 2. The molecule has 2 N–H and O–H groups in total. The second-order valence-electron chi connectivity index (χ2n) is 10.6. The molecule has 7 nitrogen and oxygen atoms in total. The van der Waals surface area contributed by atoms with Crippen LogP contribution in [0.4, 0.5) is 4.79 Å². The zero-order chi connectivity index (χ0) is 23.0. The Morgan fingerprint density at radius 2 is 2.00 bits per heavy atom. The van der Waals surface area contributed by atoms with E-state index in [4.69, 9.17) is 14.2 Å². The van der Waals surface area contributed by atoms with Crippen molar-refractivity contribution in [3.8, 4) is 0 Å². The number of rotatable bonds is 2. The Bertz CT molecular complexity index is 836. The number of methoxy groups -OCH3 is 1. The second kappa shape index (κ2) is 7.03. The Morgan fingerprint density at radius 3 is 2.55 bits per heavy atom. The van der Waals surface area contributed by atoms with Gasteiger partial charge in [-0.1, -0.05) is 31.9 Å². The van der Waals surface area contributed by atoms with E-state index < -0.39 is 52.2 Å². The first kappa shape index (κ1) is 22.7. The number of aliphatic hydroxyl groups is 2. The Balaban J connectivity index is 1.93. The average Bonchev–Trinajstić information content (AvgIpc) is 2.73. The van der Waals surface area contributed by atoms with Gasteiger partial charge in [0.25, 0.3) is 0 Å². The van der Waals surface area contributed by atoms with Crippen LogP contribution in [-0.2, 0) is 19.0 Å². The predicted molar refractivity (Wildman–Crippen MR) is 112 cm³/mol. The molecule has 1 aliphatic heterocycles. The molecule has 31 heavy (non-hydrogen) atoms. The van der Waals surface area contributed by atoms with E-state index >= 15 is 0 Å². The predicted octanol–water partition coefficient (Wildman–Crippen LogP) is 3.16. The third kappa shape index (κ3) is 2.69. The molecule has 4 rings (SSSR count). The summed E-state index contributed by atoms with van der Waals surface area (Å²) in [5.41, 5.74) is -1.79. The Labute approximate surface area is 184 Å². The lowest BCUT2D eigenvalue weighted by molar-refractivity contribution is -0.324. The third-order valence-corrected chi connectivity index (χ3v) is 9.54. The lowest BCUT2D eigenvalue weighted by Gasteiger charge is -2.65. The number of aliphatic hydroxyl groups excluding tert-OH is 1. The van der Waals surface area contributed by atoms with Crippen LogP contribution in [-0.4, -0.2) is 59.3 Å². The van der Waals surface area contributed by atoms with E-state index in [1.165, 1.54) is 7.11 Å².